The average molecular weight is 363 g/mol. The molecule has 2 heterocycles. The van der Waals surface area contributed by atoms with Crippen LogP contribution in [0.4, 0.5) is 0 Å². The Morgan fingerprint density at radius 1 is 1.29 bits per heavy atom. The summed E-state index contributed by atoms with van der Waals surface area (Å²) in [6.07, 6.45) is 4.70. The number of nitrogens with one attached hydrogen (secondary N) is 1. The van der Waals surface area contributed by atoms with E-state index in [9.17, 15) is 0 Å². The van der Waals surface area contributed by atoms with Crippen molar-refractivity contribution in [3.8, 4) is 5.69 Å². The van der Waals surface area contributed by atoms with E-state index in [4.69, 9.17) is 5.84 Å². The van der Waals surface area contributed by atoms with Gasteiger partial charge in [-0.05, 0) is 39.5 Å². The van der Waals surface area contributed by atoms with Gasteiger partial charge in [0.2, 0.25) is 0 Å². The molecule has 3 N–H and O–H groups in total. The van der Waals surface area contributed by atoms with Gasteiger partial charge in [-0.2, -0.15) is 5.10 Å². The van der Waals surface area contributed by atoms with Crippen molar-refractivity contribution in [3.63, 3.8) is 0 Å². The highest BCUT2D eigenvalue weighted by Gasteiger charge is 2.15. The van der Waals surface area contributed by atoms with E-state index < -0.39 is 0 Å². The maximum atomic E-state index is 5.72. The molecular weight excluding hydrogens is 348 g/mol. The van der Waals surface area contributed by atoms with Crippen molar-refractivity contribution < 1.29 is 0 Å². The topological polar surface area (TPSA) is 55.9 Å². The summed E-state index contributed by atoms with van der Waals surface area (Å²) in [5.74, 6) is 5.72. The summed E-state index contributed by atoms with van der Waals surface area (Å²) in [6.45, 7) is 0. The lowest BCUT2D eigenvalue weighted by molar-refractivity contribution is 0.555. The Balaban J connectivity index is 1.82. The van der Waals surface area contributed by atoms with Gasteiger partial charge >= 0.3 is 0 Å². The second kappa shape index (κ2) is 6.53. The first kappa shape index (κ1) is 14.5. The van der Waals surface area contributed by atoms with Gasteiger partial charge in [0.25, 0.3) is 0 Å². The minimum atomic E-state index is 0.0393. The van der Waals surface area contributed by atoms with Crippen LogP contribution in [0.1, 0.15) is 16.5 Å². The van der Waals surface area contributed by atoms with Gasteiger partial charge in [-0.15, -0.1) is 11.3 Å². The van der Waals surface area contributed by atoms with Gasteiger partial charge in [0.15, 0.2) is 0 Å². The number of hydrogen-bond donors (Lipinski definition) is 2. The molecule has 2 aromatic heterocycles. The molecule has 1 unspecified atom stereocenters. The van der Waals surface area contributed by atoms with E-state index in [1.807, 2.05) is 47.4 Å². The summed E-state index contributed by atoms with van der Waals surface area (Å²) in [5.41, 5.74) is 4.99. The van der Waals surface area contributed by atoms with Crippen LogP contribution in [-0.2, 0) is 6.42 Å². The Morgan fingerprint density at radius 2 is 2.10 bits per heavy atom. The third-order valence-electron chi connectivity index (χ3n) is 3.31. The smallest absolute Gasteiger partial charge is 0.0645 e. The molecule has 21 heavy (non-hydrogen) atoms. The number of halogens is 1. The Kier molecular flexibility index (Phi) is 4.50. The Morgan fingerprint density at radius 3 is 2.76 bits per heavy atom. The molecule has 0 fully saturated rings. The van der Waals surface area contributed by atoms with Crippen LogP contribution in [0.2, 0.25) is 0 Å². The standard InChI is InChI=1S/C15H15BrN4S/c16-13-6-7-21-15(13)8-14(19-17)11-9-18-20(10-11)12-4-2-1-3-5-12/h1-7,9-10,14,19H,8,17H2. The number of hydrazine groups is 1. The number of nitrogens with two attached hydrogens (primary N) is 1. The number of aromatic nitrogens is 2. The summed E-state index contributed by atoms with van der Waals surface area (Å²) in [6, 6.07) is 12.1. The van der Waals surface area contributed by atoms with E-state index in [-0.39, 0.29) is 6.04 Å². The predicted octanol–water partition coefficient (Wildman–Crippen LogP) is 3.44. The quantitative estimate of drug-likeness (QED) is 0.539. The highest BCUT2D eigenvalue weighted by Crippen LogP contribution is 2.28. The van der Waals surface area contributed by atoms with Crippen LogP contribution in [0.5, 0.6) is 0 Å². The fourth-order valence-electron chi connectivity index (χ4n) is 2.17. The van der Waals surface area contributed by atoms with Crippen molar-refractivity contribution >= 4 is 27.3 Å². The number of hydrogen-bond acceptors (Lipinski definition) is 4. The van der Waals surface area contributed by atoms with Crippen molar-refractivity contribution in [1.82, 2.24) is 15.2 Å². The molecule has 0 saturated heterocycles. The van der Waals surface area contributed by atoms with Crippen molar-refractivity contribution in [2.24, 2.45) is 5.84 Å². The van der Waals surface area contributed by atoms with Crippen LogP contribution >= 0.6 is 27.3 Å². The molecule has 1 aromatic carbocycles. The molecule has 0 aliphatic heterocycles. The number of rotatable bonds is 5. The predicted molar refractivity (Wildman–Crippen MR) is 89.4 cm³/mol. The number of nitrogens with zero attached hydrogens (tertiary/aromatic N) is 2. The maximum Gasteiger partial charge on any atom is 0.0645 e. The third kappa shape index (κ3) is 3.24. The minimum absolute atomic E-state index is 0.0393. The van der Waals surface area contributed by atoms with Crippen LogP contribution in [0.3, 0.4) is 0 Å². The summed E-state index contributed by atoms with van der Waals surface area (Å²) in [5, 5.41) is 6.49. The van der Waals surface area contributed by atoms with Gasteiger partial charge in [0, 0.05) is 27.5 Å². The zero-order valence-electron chi connectivity index (χ0n) is 11.2. The van der Waals surface area contributed by atoms with E-state index in [2.05, 4.69) is 37.9 Å². The Labute approximate surface area is 135 Å². The summed E-state index contributed by atoms with van der Waals surface area (Å²) in [7, 11) is 0. The van der Waals surface area contributed by atoms with Gasteiger partial charge in [-0.3, -0.25) is 11.3 Å². The molecule has 0 radical (unpaired) electrons. The second-order valence-electron chi connectivity index (χ2n) is 4.67. The van der Waals surface area contributed by atoms with E-state index in [1.165, 1.54) is 4.88 Å². The minimum Gasteiger partial charge on any atom is -0.271 e. The normalized spacial score (nSPS) is 12.5. The monoisotopic (exact) mass is 362 g/mol. The fourth-order valence-corrected chi connectivity index (χ4v) is 3.73. The van der Waals surface area contributed by atoms with Crippen LogP contribution in [0.25, 0.3) is 5.69 Å². The SMILES string of the molecule is NNC(Cc1sccc1Br)c1cnn(-c2ccccc2)c1. The van der Waals surface area contributed by atoms with Crippen molar-refractivity contribution in [2.45, 2.75) is 12.5 Å². The molecule has 4 nitrogen and oxygen atoms in total. The first-order valence-electron chi connectivity index (χ1n) is 6.56. The molecule has 3 aromatic rings. The summed E-state index contributed by atoms with van der Waals surface area (Å²) < 4.78 is 2.99. The average Bonchev–Trinajstić information content (AvgIpc) is 3.15. The number of thiophene rings is 1. The van der Waals surface area contributed by atoms with Crippen LogP contribution in [0.15, 0.2) is 58.6 Å². The molecule has 108 valence electrons. The Hall–Kier alpha value is -1.47. The van der Waals surface area contributed by atoms with Crippen LogP contribution < -0.4 is 11.3 Å². The highest BCUT2D eigenvalue weighted by molar-refractivity contribution is 9.10. The van der Waals surface area contributed by atoms with E-state index in [0.29, 0.717) is 0 Å². The second-order valence-corrected chi connectivity index (χ2v) is 6.52. The van der Waals surface area contributed by atoms with Crippen molar-refractivity contribution in [1.29, 1.82) is 0 Å². The summed E-state index contributed by atoms with van der Waals surface area (Å²) >= 11 is 5.28. The fraction of sp³-hybridized carbons (Fsp3) is 0.133. The van der Waals surface area contributed by atoms with Crippen molar-refractivity contribution in [2.75, 3.05) is 0 Å². The summed E-state index contributed by atoms with van der Waals surface area (Å²) in [4.78, 5) is 1.27. The van der Waals surface area contributed by atoms with Gasteiger partial charge in [-0.25, -0.2) is 4.68 Å². The Bertz CT molecular complexity index is 707. The molecule has 1 atom stereocenters. The first-order valence-corrected chi connectivity index (χ1v) is 8.23. The van der Waals surface area contributed by atoms with E-state index in [0.717, 1.165) is 22.1 Å². The zero-order valence-corrected chi connectivity index (χ0v) is 13.6. The van der Waals surface area contributed by atoms with Gasteiger partial charge in [-0.1, -0.05) is 18.2 Å². The zero-order chi connectivity index (χ0) is 14.7. The molecule has 3 rings (SSSR count). The largest absolute Gasteiger partial charge is 0.271 e. The lowest BCUT2D eigenvalue weighted by Gasteiger charge is -2.13. The molecule has 0 aliphatic carbocycles. The van der Waals surface area contributed by atoms with Gasteiger partial charge in [0.05, 0.1) is 17.9 Å². The molecule has 0 spiro atoms. The van der Waals surface area contributed by atoms with Crippen molar-refractivity contribution in [3.05, 3.63) is 69.1 Å². The molecule has 6 heteroatoms. The third-order valence-corrected chi connectivity index (χ3v) is 5.26. The molecule has 0 bridgehead atoms. The van der Waals surface area contributed by atoms with Gasteiger partial charge in [0.1, 0.15) is 0 Å². The molecule has 0 amide bonds. The van der Waals surface area contributed by atoms with E-state index in [1.54, 1.807) is 11.3 Å². The van der Waals surface area contributed by atoms with Gasteiger partial charge < -0.3 is 0 Å². The number of para-hydroxylation sites is 1. The van der Waals surface area contributed by atoms with E-state index >= 15 is 0 Å². The molecule has 0 saturated carbocycles. The van der Waals surface area contributed by atoms with Crippen LogP contribution in [0, 0.1) is 0 Å². The lowest BCUT2D eigenvalue weighted by atomic mass is 10.1. The highest BCUT2D eigenvalue weighted by atomic mass is 79.9. The molecular formula is C15H15BrN4S. The maximum absolute atomic E-state index is 5.72. The number of benzene rings is 1. The van der Waals surface area contributed by atoms with Crippen LogP contribution in [-0.4, -0.2) is 9.78 Å². The molecule has 0 aliphatic rings. The first-order chi connectivity index (χ1) is 10.3. The lowest BCUT2D eigenvalue weighted by Crippen LogP contribution is -2.29.